The first kappa shape index (κ1) is 18.6. The van der Waals surface area contributed by atoms with Crippen LogP contribution in [-0.4, -0.2) is 41.8 Å². The molecule has 1 heterocycles. The molecule has 0 radical (unpaired) electrons. The predicted molar refractivity (Wildman–Crippen MR) is 99.1 cm³/mol. The van der Waals surface area contributed by atoms with E-state index < -0.39 is 17.9 Å². The van der Waals surface area contributed by atoms with Crippen molar-refractivity contribution in [1.29, 1.82) is 0 Å². The van der Waals surface area contributed by atoms with Gasteiger partial charge in [-0.1, -0.05) is 31.2 Å². The zero-order valence-electron chi connectivity index (χ0n) is 15.3. The molecule has 6 nitrogen and oxygen atoms in total. The van der Waals surface area contributed by atoms with Gasteiger partial charge in [-0.15, -0.1) is 0 Å². The van der Waals surface area contributed by atoms with E-state index in [2.05, 4.69) is 0 Å². The summed E-state index contributed by atoms with van der Waals surface area (Å²) < 4.78 is 11.1. The summed E-state index contributed by atoms with van der Waals surface area (Å²) in [4.78, 5) is 39.4. The zero-order valence-corrected chi connectivity index (χ0v) is 15.3. The first-order valence-corrected chi connectivity index (χ1v) is 8.92. The maximum absolute atomic E-state index is 12.9. The van der Waals surface area contributed by atoms with Gasteiger partial charge < -0.3 is 9.47 Å². The third-order valence-electron chi connectivity index (χ3n) is 4.31. The van der Waals surface area contributed by atoms with E-state index in [1.165, 1.54) is 0 Å². The number of hydrogen-bond donors (Lipinski definition) is 0. The lowest BCUT2D eigenvalue weighted by molar-refractivity contribution is -0.135. The lowest BCUT2D eigenvalue weighted by atomic mass is 10.1. The van der Waals surface area contributed by atoms with Crippen LogP contribution in [-0.2, 0) is 4.79 Å². The van der Waals surface area contributed by atoms with E-state index in [1.54, 1.807) is 55.5 Å². The van der Waals surface area contributed by atoms with Crippen LogP contribution in [0.2, 0.25) is 0 Å². The molecule has 140 valence electrons. The van der Waals surface area contributed by atoms with E-state index in [1.807, 2.05) is 6.92 Å². The van der Waals surface area contributed by atoms with Gasteiger partial charge in [0.2, 0.25) is 0 Å². The van der Waals surface area contributed by atoms with Gasteiger partial charge in [0.05, 0.1) is 18.7 Å². The highest BCUT2D eigenvalue weighted by molar-refractivity contribution is 6.12. The highest BCUT2D eigenvalue weighted by Crippen LogP contribution is 2.26. The van der Waals surface area contributed by atoms with Gasteiger partial charge in [0.25, 0.3) is 11.8 Å². The van der Waals surface area contributed by atoms with Crippen molar-refractivity contribution in [2.24, 2.45) is 0 Å². The Kier molecular flexibility index (Phi) is 5.54. The molecule has 0 saturated carbocycles. The molecule has 0 aromatic heterocycles. The van der Waals surface area contributed by atoms with E-state index in [0.29, 0.717) is 30.1 Å². The molecule has 2 aromatic rings. The van der Waals surface area contributed by atoms with E-state index in [9.17, 15) is 14.4 Å². The fourth-order valence-corrected chi connectivity index (χ4v) is 2.94. The first-order chi connectivity index (χ1) is 13.0. The number of imide groups is 1. The molecular weight excluding hydrogens is 346 g/mol. The topological polar surface area (TPSA) is 72.9 Å². The summed E-state index contributed by atoms with van der Waals surface area (Å²) in [7, 11) is 0. The van der Waals surface area contributed by atoms with Gasteiger partial charge in [0.1, 0.15) is 11.5 Å². The number of benzene rings is 2. The van der Waals surface area contributed by atoms with Gasteiger partial charge in [-0.3, -0.25) is 19.3 Å². The van der Waals surface area contributed by atoms with E-state index in [4.69, 9.17) is 9.47 Å². The SMILES string of the molecule is CCOc1cccc(C(=O)CN2C(=O)c3ccccc3O[C@H](CC)C2=O)c1. The van der Waals surface area contributed by atoms with Crippen LogP contribution in [0.3, 0.4) is 0 Å². The van der Waals surface area contributed by atoms with Crippen molar-refractivity contribution < 1.29 is 23.9 Å². The zero-order chi connectivity index (χ0) is 19.4. The first-order valence-electron chi connectivity index (χ1n) is 8.92. The van der Waals surface area contributed by atoms with Crippen molar-refractivity contribution in [3.8, 4) is 11.5 Å². The van der Waals surface area contributed by atoms with Crippen LogP contribution in [0.1, 0.15) is 41.0 Å². The number of amides is 2. The minimum atomic E-state index is -0.805. The molecule has 2 aromatic carbocycles. The Bertz CT molecular complexity index is 876. The summed E-state index contributed by atoms with van der Waals surface area (Å²) in [6.45, 7) is 3.78. The van der Waals surface area contributed by atoms with Crippen LogP contribution in [0.4, 0.5) is 0 Å². The summed E-state index contributed by atoms with van der Waals surface area (Å²) in [5.41, 5.74) is 0.658. The number of carbonyl (C=O) groups excluding carboxylic acids is 3. The molecule has 0 bridgehead atoms. The third-order valence-corrected chi connectivity index (χ3v) is 4.31. The Labute approximate surface area is 157 Å². The molecule has 0 unspecified atom stereocenters. The largest absolute Gasteiger partial charge is 0.494 e. The standard InChI is InChI=1S/C21H21NO5/c1-3-18-21(25)22(20(24)16-10-5-6-11-19(16)27-18)13-17(23)14-8-7-9-15(12-14)26-4-2/h5-12,18H,3-4,13H2,1-2H3/t18-/m1/s1. The van der Waals surface area contributed by atoms with Gasteiger partial charge in [-0.2, -0.15) is 0 Å². The smallest absolute Gasteiger partial charge is 0.270 e. The molecule has 1 atom stereocenters. The molecule has 6 heteroatoms. The Morgan fingerprint density at radius 3 is 2.63 bits per heavy atom. The summed E-state index contributed by atoms with van der Waals surface area (Å²) in [5.74, 6) is -0.450. The van der Waals surface area contributed by atoms with E-state index >= 15 is 0 Å². The summed E-state index contributed by atoms with van der Waals surface area (Å²) >= 11 is 0. The van der Waals surface area contributed by atoms with Crippen molar-refractivity contribution in [3.05, 3.63) is 59.7 Å². The molecule has 0 aliphatic carbocycles. The van der Waals surface area contributed by atoms with Crippen LogP contribution < -0.4 is 9.47 Å². The normalized spacial score (nSPS) is 16.4. The Morgan fingerprint density at radius 1 is 1.11 bits per heavy atom. The number of carbonyl (C=O) groups is 3. The summed E-state index contributed by atoms with van der Waals surface area (Å²) in [5, 5.41) is 0. The van der Waals surface area contributed by atoms with Crippen molar-refractivity contribution in [2.75, 3.05) is 13.2 Å². The fourth-order valence-electron chi connectivity index (χ4n) is 2.94. The van der Waals surface area contributed by atoms with Gasteiger partial charge in [0.15, 0.2) is 11.9 Å². The second kappa shape index (κ2) is 8.03. The van der Waals surface area contributed by atoms with Gasteiger partial charge in [-0.25, -0.2) is 0 Å². The Hall–Kier alpha value is -3.15. The van der Waals surface area contributed by atoms with Crippen LogP contribution in [0.15, 0.2) is 48.5 Å². The number of para-hydroxylation sites is 1. The van der Waals surface area contributed by atoms with Crippen molar-refractivity contribution >= 4 is 17.6 Å². The highest BCUT2D eigenvalue weighted by atomic mass is 16.5. The molecule has 0 fully saturated rings. The highest BCUT2D eigenvalue weighted by Gasteiger charge is 2.36. The van der Waals surface area contributed by atoms with Crippen molar-refractivity contribution in [3.63, 3.8) is 0 Å². The molecule has 27 heavy (non-hydrogen) atoms. The van der Waals surface area contributed by atoms with Crippen molar-refractivity contribution in [1.82, 2.24) is 4.90 Å². The molecule has 0 saturated heterocycles. The van der Waals surface area contributed by atoms with Crippen LogP contribution in [0.25, 0.3) is 0 Å². The quantitative estimate of drug-likeness (QED) is 0.579. The lowest BCUT2D eigenvalue weighted by Gasteiger charge is -2.21. The minimum Gasteiger partial charge on any atom is -0.494 e. The molecule has 0 N–H and O–H groups in total. The monoisotopic (exact) mass is 367 g/mol. The molecular formula is C21H21NO5. The van der Waals surface area contributed by atoms with Gasteiger partial charge in [0, 0.05) is 5.56 Å². The number of hydrogen-bond acceptors (Lipinski definition) is 5. The minimum absolute atomic E-state index is 0.276. The molecule has 2 amide bonds. The number of Topliss-reactive ketones (excluding diaryl/α,β-unsaturated/α-hetero) is 1. The second-order valence-electron chi connectivity index (χ2n) is 6.12. The molecule has 0 spiro atoms. The fraction of sp³-hybridized carbons (Fsp3) is 0.286. The average molecular weight is 367 g/mol. The van der Waals surface area contributed by atoms with Crippen molar-refractivity contribution in [2.45, 2.75) is 26.4 Å². The summed E-state index contributed by atoms with van der Waals surface area (Å²) in [6.07, 6.45) is -0.412. The molecule has 3 rings (SSSR count). The Balaban J connectivity index is 1.90. The van der Waals surface area contributed by atoms with E-state index in [0.717, 1.165) is 4.90 Å². The van der Waals surface area contributed by atoms with Gasteiger partial charge in [-0.05, 0) is 37.6 Å². The Morgan fingerprint density at radius 2 is 1.89 bits per heavy atom. The van der Waals surface area contributed by atoms with Crippen LogP contribution in [0.5, 0.6) is 11.5 Å². The lowest BCUT2D eigenvalue weighted by Crippen LogP contribution is -2.45. The van der Waals surface area contributed by atoms with Gasteiger partial charge >= 0.3 is 0 Å². The maximum atomic E-state index is 12.9. The third kappa shape index (κ3) is 3.84. The summed E-state index contributed by atoms with van der Waals surface area (Å²) in [6, 6.07) is 13.4. The predicted octanol–water partition coefficient (Wildman–Crippen LogP) is 3.11. The second-order valence-corrected chi connectivity index (χ2v) is 6.12. The number of rotatable bonds is 6. The molecule has 1 aliphatic heterocycles. The number of nitrogens with zero attached hydrogens (tertiary/aromatic N) is 1. The maximum Gasteiger partial charge on any atom is 0.270 e. The number of ether oxygens (including phenoxy) is 2. The van der Waals surface area contributed by atoms with Crippen LogP contribution in [0, 0.1) is 0 Å². The average Bonchev–Trinajstić information content (AvgIpc) is 2.78. The number of ketones is 1. The number of fused-ring (bicyclic) bond motifs is 1. The molecule has 1 aliphatic rings. The van der Waals surface area contributed by atoms with Crippen LogP contribution >= 0.6 is 0 Å². The van der Waals surface area contributed by atoms with E-state index in [-0.39, 0.29) is 17.9 Å².